The normalized spacial score (nSPS) is 15.4. The first-order chi connectivity index (χ1) is 9.98. The molecule has 0 aromatic heterocycles. The fourth-order valence-corrected chi connectivity index (χ4v) is 3.07. The predicted octanol–water partition coefficient (Wildman–Crippen LogP) is 4.41. The number of rotatable bonds is 3. The molecular weight excluding hydrogens is 330 g/mol. The lowest BCUT2D eigenvalue weighted by Gasteiger charge is -2.18. The van der Waals surface area contributed by atoms with Gasteiger partial charge in [0.1, 0.15) is 11.4 Å². The highest BCUT2D eigenvalue weighted by Crippen LogP contribution is 2.43. The van der Waals surface area contributed by atoms with Crippen LogP contribution >= 0.6 is 15.9 Å². The summed E-state index contributed by atoms with van der Waals surface area (Å²) in [5.41, 5.74) is 7.73. The highest BCUT2D eigenvalue weighted by molar-refractivity contribution is 9.10. The zero-order valence-corrected chi connectivity index (χ0v) is 13.7. The number of halogens is 1. The molecule has 1 aliphatic rings. The maximum atomic E-state index is 6.02. The Kier molecular flexibility index (Phi) is 3.68. The lowest BCUT2D eigenvalue weighted by molar-refractivity contribution is 0.135. The molecule has 0 aliphatic carbocycles. The molecule has 3 rings (SSSR count). The van der Waals surface area contributed by atoms with E-state index in [0.29, 0.717) is 6.54 Å². The lowest BCUT2D eigenvalue weighted by Crippen LogP contribution is -2.24. The first-order valence-electron chi connectivity index (χ1n) is 6.96. The van der Waals surface area contributed by atoms with Gasteiger partial charge in [-0.3, -0.25) is 0 Å². The van der Waals surface area contributed by atoms with Crippen molar-refractivity contribution < 1.29 is 9.47 Å². The molecule has 2 N–H and O–H groups in total. The Morgan fingerprint density at radius 1 is 1.29 bits per heavy atom. The van der Waals surface area contributed by atoms with Crippen LogP contribution in [-0.2, 0) is 13.0 Å². The van der Waals surface area contributed by atoms with Crippen LogP contribution in [0.4, 0.5) is 0 Å². The first kappa shape index (κ1) is 14.4. The van der Waals surface area contributed by atoms with E-state index in [2.05, 4.69) is 35.8 Å². The molecule has 0 unspecified atom stereocenters. The summed E-state index contributed by atoms with van der Waals surface area (Å²) in [5, 5.41) is 0. The highest BCUT2D eigenvalue weighted by atomic mass is 79.9. The first-order valence-corrected chi connectivity index (χ1v) is 7.75. The molecule has 3 nitrogen and oxygen atoms in total. The Morgan fingerprint density at radius 3 is 2.81 bits per heavy atom. The second kappa shape index (κ2) is 5.35. The molecule has 110 valence electrons. The summed E-state index contributed by atoms with van der Waals surface area (Å²) in [6.07, 6.45) is 0.898. The third-order valence-electron chi connectivity index (χ3n) is 3.53. The average molecular weight is 348 g/mol. The minimum Gasteiger partial charge on any atom is -0.483 e. The summed E-state index contributed by atoms with van der Waals surface area (Å²) >= 11 is 3.51. The van der Waals surface area contributed by atoms with Crippen molar-refractivity contribution in [2.75, 3.05) is 0 Å². The van der Waals surface area contributed by atoms with Gasteiger partial charge in [-0.15, -0.1) is 0 Å². The minimum absolute atomic E-state index is 0.175. The van der Waals surface area contributed by atoms with Crippen molar-refractivity contribution >= 4 is 15.9 Å². The molecule has 2 aromatic carbocycles. The molecule has 21 heavy (non-hydrogen) atoms. The van der Waals surface area contributed by atoms with Gasteiger partial charge in [0.25, 0.3) is 0 Å². The van der Waals surface area contributed by atoms with Gasteiger partial charge in [0.05, 0.1) is 0 Å². The smallest absolute Gasteiger partial charge is 0.169 e. The van der Waals surface area contributed by atoms with Crippen molar-refractivity contribution in [1.82, 2.24) is 0 Å². The van der Waals surface area contributed by atoms with Crippen LogP contribution in [0.2, 0.25) is 0 Å². The zero-order valence-electron chi connectivity index (χ0n) is 12.2. The highest BCUT2D eigenvalue weighted by Gasteiger charge is 2.32. The molecule has 0 saturated carbocycles. The van der Waals surface area contributed by atoms with Crippen molar-refractivity contribution in [2.24, 2.45) is 5.73 Å². The van der Waals surface area contributed by atoms with Gasteiger partial charge >= 0.3 is 0 Å². The molecule has 2 aromatic rings. The summed E-state index contributed by atoms with van der Waals surface area (Å²) < 4.78 is 13.0. The van der Waals surface area contributed by atoms with E-state index >= 15 is 0 Å². The van der Waals surface area contributed by atoms with Crippen LogP contribution in [0.15, 0.2) is 40.9 Å². The van der Waals surface area contributed by atoms with Crippen molar-refractivity contribution in [2.45, 2.75) is 32.4 Å². The maximum absolute atomic E-state index is 6.02. The van der Waals surface area contributed by atoms with Gasteiger partial charge in [-0.1, -0.05) is 34.1 Å². The molecule has 4 heteroatoms. The van der Waals surface area contributed by atoms with Gasteiger partial charge in [-0.05, 0) is 37.6 Å². The van der Waals surface area contributed by atoms with E-state index in [9.17, 15) is 0 Å². The van der Waals surface area contributed by atoms with Gasteiger partial charge in [-0.25, -0.2) is 0 Å². The fourth-order valence-electron chi connectivity index (χ4n) is 2.55. The SMILES string of the molecule is CC1(C)Cc2cccc(Oc3ccc(CN)c(Br)c3)c2O1. The van der Waals surface area contributed by atoms with Crippen LogP contribution in [0, 0.1) is 0 Å². The summed E-state index contributed by atoms with van der Waals surface area (Å²) in [4.78, 5) is 0. The number of nitrogens with two attached hydrogens (primary N) is 1. The largest absolute Gasteiger partial charge is 0.483 e. The second-order valence-electron chi connectivity index (χ2n) is 5.84. The minimum atomic E-state index is -0.175. The molecule has 0 saturated heterocycles. The predicted molar refractivity (Wildman–Crippen MR) is 87.0 cm³/mol. The lowest BCUT2D eigenvalue weighted by atomic mass is 10.0. The van der Waals surface area contributed by atoms with Gasteiger partial charge in [0.2, 0.25) is 0 Å². The van der Waals surface area contributed by atoms with Gasteiger partial charge in [0.15, 0.2) is 11.5 Å². The zero-order chi connectivity index (χ0) is 15.0. The van der Waals surface area contributed by atoms with Crippen LogP contribution in [0.1, 0.15) is 25.0 Å². The van der Waals surface area contributed by atoms with Crippen LogP contribution in [0.3, 0.4) is 0 Å². The van der Waals surface area contributed by atoms with E-state index < -0.39 is 0 Å². The summed E-state index contributed by atoms with van der Waals surface area (Å²) in [6.45, 7) is 4.67. The number of ether oxygens (including phenoxy) is 2. The number of fused-ring (bicyclic) bond motifs is 1. The van der Waals surface area contributed by atoms with Gasteiger partial charge < -0.3 is 15.2 Å². The Hall–Kier alpha value is -1.52. The Balaban J connectivity index is 1.90. The molecule has 1 aliphatic heterocycles. The van der Waals surface area contributed by atoms with Crippen LogP contribution in [0.5, 0.6) is 17.2 Å². The Bertz CT molecular complexity index is 682. The van der Waals surface area contributed by atoms with Crippen molar-refractivity contribution in [3.8, 4) is 17.2 Å². The quantitative estimate of drug-likeness (QED) is 0.893. The number of hydrogen-bond donors (Lipinski definition) is 1. The van der Waals surface area contributed by atoms with E-state index in [1.165, 1.54) is 5.56 Å². The van der Waals surface area contributed by atoms with Crippen LogP contribution < -0.4 is 15.2 Å². The van der Waals surface area contributed by atoms with E-state index in [4.69, 9.17) is 15.2 Å². The van der Waals surface area contributed by atoms with Crippen LogP contribution in [-0.4, -0.2) is 5.60 Å². The van der Waals surface area contributed by atoms with E-state index in [1.807, 2.05) is 30.3 Å². The van der Waals surface area contributed by atoms with Crippen LogP contribution in [0.25, 0.3) is 0 Å². The summed E-state index contributed by atoms with van der Waals surface area (Å²) in [6, 6.07) is 11.8. The van der Waals surface area contributed by atoms with E-state index in [1.54, 1.807) is 0 Å². The van der Waals surface area contributed by atoms with E-state index in [-0.39, 0.29) is 5.60 Å². The second-order valence-corrected chi connectivity index (χ2v) is 6.70. The van der Waals surface area contributed by atoms with E-state index in [0.717, 1.165) is 33.7 Å². The molecule has 0 bridgehead atoms. The Morgan fingerprint density at radius 2 is 2.10 bits per heavy atom. The molecule has 0 spiro atoms. The topological polar surface area (TPSA) is 44.5 Å². The molecule has 0 radical (unpaired) electrons. The van der Waals surface area contributed by atoms with Crippen molar-refractivity contribution in [3.63, 3.8) is 0 Å². The van der Waals surface area contributed by atoms with Crippen molar-refractivity contribution in [1.29, 1.82) is 0 Å². The van der Waals surface area contributed by atoms with Gasteiger partial charge in [-0.2, -0.15) is 0 Å². The number of para-hydroxylation sites is 1. The third-order valence-corrected chi connectivity index (χ3v) is 4.27. The molecule has 0 atom stereocenters. The third kappa shape index (κ3) is 2.92. The molecule has 0 amide bonds. The van der Waals surface area contributed by atoms with Crippen molar-refractivity contribution in [3.05, 3.63) is 52.0 Å². The van der Waals surface area contributed by atoms with Gasteiger partial charge in [0, 0.05) is 23.0 Å². The fraction of sp³-hybridized carbons (Fsp3) is 0.294. The number of benzene rings is 2. The molecule has 0 fully saturated rings. The maximum Gasteiger partial charge on any atom is 0.169 e. The Labute approximate surface area is 133 Å². The average Bonchev–Trinajstić information content (AvgIpc) is 2.74. The monoisotopic (exact) mass is 347 g/mol. The molecular formula is C17H18BrNO2. The summed E-state index contributed by atoms with van der Waals surface area (Å²) in [5.74, 6) is 2.37. The molecule has 1 heterocycles. The standard InChI is InChI=1S/C17H18BrNO2/c1-17(2)9-11-4-3-5-15(16(11)21-17)20-13-7-6-12(10-19)14(18)8-13/h3-8H,9-10,19H2,1-2H3. The number of hydrogen-bond acceptors (Lipinski definition) is 3. The summed E-state index contributed by atoms with van der Waals surface area (Å²) in [7, 11) is 0.